The van der Waals surface area contributed by atoms with Crippen LogP contribution in [0.3, 0.4) is 0 Å². The summed E-state index contributed by atoms with van der Waals surface area (Å²) in [5.41, 5.74) is 3.95. The number of fused-ring (bicyclic) bond motifs is 1. The second kappa shape index (κ2) is 13.5. The fourth-order valence-corrected chi connectivity index (χ4v) is 3.83. The zero-order valence-electron chi connectivity index (χ0n) is 18.5. The van der Waals surface area contributed by atoms with Crippen LogP contribution in [0.1, 0.15) is 23.6 Å². The van der Waals surface area contributed by atoms with Crippen molar-refractivity contribution in [1.29, 1.82) is 0 Å². The number of nitrogens with one attached hydrogen (secondary N) is 2. The highest BCUT2D eigenvalue weighted by Crippen LogP contribution is 2.19. The molecule has 0 saturated heterocycles. The molecule has 0 saturated carbocycles. The molecule has 2 aromatic rings. The Kier molecular flexibility index (Phi) is 11.1. The maximum Gasteiger partial charge on any atom is 0.191 e. The van der Waals surface area contributed by atoms with Crippen LogP contribution < -0.4 is 15.4 Å². The van der Waals surface area contributed by atoms with Gasteiger partial charge in [-0.2, -0.15) is 0 Å². The van der Waals surface area contributed by atoms with Crippen LogP contribution in [0, 0.1) is 0 Å². The lowest BCUT2D eigenvalue weighted by Gasteiger charge is -2.30. The Morgan fingerprint density at radius 1 is 1.13 bits per heavy atom. The first-order valence-corrected chi connectivity index (χ1v) is 10.8. The van der Waals surface area contributed by atoms with Crippen molar-refractivity contribution in [2.45, 2.75) is 32.4 Å². The van der Waals surface area contributed by atoms with Crippen LogP contribution in [0.4, 0.5) is 0 Å². The highest BCUT2D eigenvalue weighted by atomic mass is 127. The number of aliphatic hydroxyl groups is 1. The maximum atomic E-state index is 10.5. The van der Waals surface area contributed by atoms with Crippen LogP contribution in [-0.2, 0) is 19.4 Å². The van der Waals surface area contributed by atoms with Crippen molar-refractivity contribution < 1.29 is 9.84 Å². The molecule has 0 bridgehead atoms. The lowest BCUT2D eigenvalue weighted by molar-refractivity contribution is 0.111. The third-order valence-corrected chi connectivity index (χ3v) is 5.36. The Labute approximate surface area is 203 Å². The van der Waals surface area contributed by atoms with Crippen molar-refractivity contribution in [2.75, 3.05) is 39.8 Å². The molecule has 2 aromatic carbocycles. The van der Waals surface area contributed by atoms with Gasteiger partial charge in [0.25, 0.3) is 0 Å². The van der Waals surface area contributed by atoms with Crippen LogP contribution in [-0.4, -0.2) is 61.9 Å². The second-order valence-corrected chi connectivity index (χ2v) is 7.62. The normalized spacial score (nSPS) is 14.9. The Balaban J connectivity index is 0.00000341. The number of nitrogens with zero attached hydrogens (tertiary/aromatic N) is 2. The fraction of sp³-hybridized carbons (Fsp3) is 0.458. The van der Waals surface area contributed by atoms with E-state index in [0.717, 1.165) is 56.3 Å². The van der Waals surface area contributed by atoms with E-state index in [1.54, 1.807) is 7.11 Å². The largest absolute Gasteiger partial charge is 0.496 e. The summed E-state index contributed by atoms with van der Waals surface area (Å²) >= 11 is 0. The number of aliphatic hydroxyl groups excluding tert-OH is 1. The molecule has 0 aromatic heterocycles. The number of rotatable bonds is 9. The van der Waals surface area contributed by atoms with Gasteiger partial charge in [-0.25, -0.2) is 0 Å². The lowest BCUT2D eigenvalue weighted by Crippen LogP contribution is -2.40. The van der Waals surface area contributed by atoms with Gasteiger partial charge in [-0.05, 0) is 42.5 Å². The quantitative estimate of drug-likeness (QED) is 0.260. The Morgan fingerprint density at radius 3 is 2.65 bits per heavy atom. The Hall–Kier alpha value is -1.84. The van der Waals surface area contributed by atoms with Gasteiger partial charge in [0, 0.05) is 32.7 Å². The minimum absolute atomic E-state index is 0. The van der Waals surface area contributed by atoms with E-state index in [-0.39, 0.29) is 24.0 Å². The second-order valence-electron chi connectivity index (χ2n) is 7.62. The summed E-state index contributed by atoms with van der Waals surface area (Å²) in [6.07, 6.45) is 1.39. The predicted molar refractivity (Wildman–Crippen MR) is 138 cm³/mol. The van der Waals surface area contributed by atoms with E-state index in [2.05, 4.69) is 50.9 Å². The van der Waals surface area contributed by atoms with Crippen LogP contribution in [0.2, 0.25) is 0 Å². The maximum absolute atomic E-state index is 10.5. The van der Waals surface area contributed by atoms with E-state index in [1.165, 1.54) is 11.1 Å². The SMILES string of the molecule is CCNC(=NCC(O)CN1CCc2ccccc2C1)NCCc1ccccc1OC.I. The number of hydrogen-bond donors (Lipinski definition) is 3. The molecule has 1 aliphatic rings. The third-order valence-electron chi connectivity index (χ3n) is 5.36. The van der Waals surface area contributed by atoms with E-state index in [1.807, 2.05) is 25.1 Å². The van der Waals surface area contributed by atoms with Gasteiger partial charge in [0.2, 0.25) is 0 Å². The first-order chi connectivity index (χ1) is 14.7. The van der Waals surface area contributed by atoms with E-state index in [0.29, 0.717) is 13.1 Å². The number of benzene rings is 2. The first-order valence-electron chi connectivity index (χ1n) is 10.8. The number of halogens is 1. The smallest absolute Gasteiger partial charge is 0.191 e. The summed E-state index contributed by atoms with van der Waals surface area (Å²) in [5, 5.41) is 17.1. The zero-order valence-corrected chi connectivity index (χ0v) is 20.8. The molecule has 0 fully saturated rings. The zero-order chi connectivity index (χ0) is 21.2. The minimum atomic E-state index is -0.486. The molecule has 0 spiro atoms. The topological polar surface area (TPSA) is 69.1 Å². The van der Waals surface area contributed by atoms with Gasteiger partial charge >= 0.3 is 0 Å². The van der Waals surface area contributed by atoms with Crippen molar-refractivity contribution in [2.24, 2.45) is 4.99 Å². The van der Waals surface area contributed by atoms with Crippen molar-refractivity contribution in [3.8, 4) is 5.75 Å². The van der Waals surface area contributed by atoms with Gasteiger partial charge in [-0.1, -0.05) is 42.5 Å². The first kappa shape index (κ1) is 25.4. The number of ether oxygens (including phenoxy) is 1. The van der Waals surface area contributed by atoms with E-state index >= 15 is 0 Å². The molecule has 3 N–H and O–H groups in total. The van der Waals surface area contributed by atoms with Crippen LogP contribution >= 0.6 is 24.0 Å². The van der Waals surface area contributed by atoms with E-state index in [4.69, 9.17) is 4.74 Å². The molecule has 170 valence electrons. The summed E-state index contributed by atoms with van der Waals surface area (Å²) in [7, 11) is 1.69. The average molecular weight is 538 g/mol. The van der Waals surface area contributed by atoms with Gasteiger partial charge in [-0.3, -0.25) is 9.89 Å². The van der Waals surface area contributed by atoms with Crippen LogP contribution in [0.25, 0.3) is 0 Å². The van der Waals surface area contributed by atoms with Crippen molar-refractivity contribution in [3.63, 3.8) is 0 Å². The van der Waals surface area contributed by atoms with Crippen LogP contribution in [0.5, 0.6) is 5.75 Å². The number of methoxy groups -OCH3 is 1. The number of aliphatic imine (C=N–C) groups is 1. The Bertz CT molecular complexity index is 831. The molecule has 0 amide bonds. The highest BCUT2D eigenvalue weighted by Gasteiger charge is 2.18. The molecule has 1 heterocycles. The van der Waals surface area contributed by atoms with Crippen molar-refractivity contribution in [3.05, 3.63) is 65.2 Å². The molecule has 1 atom stereocenters. The van der Waals surface area contributed by atoms with Crippen LogP contribution in [0.15, 0.2) is 53.5 Å². The van der Waals surface area contributed by atoms with Crippen molar-refractivity contribution >= 4 is 29.9 Å². The van der Waals surface area contributed by atoms with Gasteiger partial charge in [0.15, 0.2) is 5.96 Å². The molecular weight excluding hydrogens is 503 g/mol. The average Bonchev–Trinajstić information content (AvgIpc) is 2.77. The standard InChI is InChI=1S/C24H34N4O2.HI/c1-3-25-24(26-14-12-20-9-6-7-11-23(20)30-2)27-16-22(29)18-28-15-13-19-8-4-5-10-21(19)17-28;/h4-11,22,29H,3,12-18H2,1-2H3,(H2,25,26,27);1H. The summed E-state index contributed by atoms with van der Waals surface area (Å²) in [6, 6.07) is 16.6. The fourth-order valence-electron chi connectivity index (χ4n) is 3.83. The predicted octanol–water partition coefficient (Wildman–Crippen LogP) is 2.83. The minimum Gasteiger partial charge on any atom is -0.496 e. The molecule has 7 heteroatoms. The molecule has 31 heavy (non-hydrogen) atoms. The highest BCUT2D eigenvalue weighted by molar-refractivity contribution is 14.0. The monoisotopic (exact) mass is 538 g/mol. The molecule has 0 radical (unpaired) electrons. The molecule has 1 unspecified atom stereocenters. The summed E-state index contributed by atoms with van der Waals surface area (Å²) in [4.78, 5) is 6.89. The molecule has 1 aliphatic heterocycles. The Morgan fingerprint density at radius 2 is 1.87 bits per heavy atom. The summed E-state index contributed by atoms with van der Waals surface area (Å²) in [6.45, 7) is 6.45. The third kappa shape index (κ3) is 7.97. The summed E-state index contributed by atoms with van der Waals surface area (Å²) in [5.74, 6) is 1.63. The number of guanidine groups is 1. The molecule has 3 rings (SSSR count). The number of β-amino-alcohol motifs (C(OH)–C–C–N with tert-alkyl or cyclic N) is 1. The number of hydrogen-bond acceptors (Lipinski definition) is 4. The molecule has 0 aliphatic carbocycles. The van der Waals surface area contributed by atoms with Gasteiger partial charge in [0.05, 0.1) is 19.8 Å². The molecular formula is C24H35IN4O2. The van der Waals surface area contributed by atoms with Gasteiger partial charge in [0.1, 0.15) is 5.75 Å². The van der Waals surface area contributed by atoms with Gasteiger partial charge in [-0.15, -0.1) is 24.0 Å². The van der Waals surface area contributed by atoms with Gasteiger partial charge < -0.3 is 20.5 Å². The molecule has 6 nitrogen and oxygen atoms in total. The van der Waals surface area contributed by atoms with Crippen molar-refractivity contribution in [1.82, 2.24) is 15.5 Å². The lowest BCUT2D eigenvalue weighted by atomic mass is 10.00. The van der Waals surface area contributed by atoms with E-state index < -0.39 is 6.10 Å². The summed E-state index contributed by atoms with van der Waals surface area (Å²) < 4.78 is 5.41. The number of para-hydroxylation sites is 1. The van der Waals surface area contributed by atoms with E-state index in [9.17, 15) is 5.11 Å².